The summed E-state index contributed by atoms with van der Waals surface area (Å²) in [5.74, 6) is 0.733. The largest absolute Gasteiger partial charge is 0.343 e. The van der Waals surface area contributed by atoms with Crippen molar-refractivity contribution in [2.45, 2.75) is 24.4 Å². The van der Waals surface area contributed by atoms with Gasteiger partial charge in [0.15, 0.2) is 5.16 Å². The molecule has 0 saturated carbocycles. The number of aromatic nitrogens is 4. The van der Waals surface area contributed by atoms with Crippen LogP contribution in [0.5, 0.6) is 0 Å². The summed E-state index contributed by atoms with van der Waals surface area (Å²) < 4.78 is 2.56. The molecule has 2 heterocycles. The topological polar surface area (TPSA) is 63.6 Å². The molecule has 90 valence electrons. The molecule has 0 aliphatic rings. The van der Waals surface area contributed by atoms with Crippen molar-refractivity contribution < 1.29 is 0 Å². The molecule has 5 nitrogen and oxygen atoms in total. The van der Waals surface area contributed by atoms with E-state index in [-0.39, 0.29) is 5.69 Å². The first-order valence-corrected chi connectivity index (χ1v) is 6.86. The number of hydrogen-bond acceptors (Lipinski definition) is 4. The van der Waals surface area contributed by atoms with Crippen molar-refractivity contribution in [3.05, 3.63) is 39.0 Å². The van der Waals surface area contributed by atoms with Crippen LogP contribution in [0.1, 0.15) is 12.5 Å². The fraction of sp³-hybridized carbons (Fsp3) is 0.300. The quantitative estimate of drug-likeness (QED) is 0.877. The maximum atomic E-state index is 11.3. The zero-order chi connectivity index (χ0) is 12.3. The lowest BCUT2D eigenvalue weighted by molar-refractivity contribution is 0.660. The molecular weight excluding hydrogens is 304 g/mol. The maximum Gasteiger partial charge on any atom is 0.343 e. The molecule has 1 N–H and O–H groups in total. The monoisotopic (exact) mass is 314 g/mol. The van der Waals surface area contributed by atoms with Crippen LogP contribution in [0.4, 0.5) is 0 Å². The van der Waals surface area contributed by atoms with Crippen LogP contribution in [-0.4, -0.2) is 19.7 Å². The van der Waals surface area contributed by atoms with Crippen LogP contribution in [0.15, 0.2) is 32.9 Å². The van der Waals surface area contributed by atoms with Gasteiger partial charge >= 0.3 is 5.69 Å². The van der Waals surface area contributed by atoms with Crippen LogP contribution in [0.25, 0.3) is 0 Å². The van der Waals surface area contributed by atoms with Crippen LogP contribution in [0.3, 0.4) is 0 Å². The average Bonchev–Trinajstić information content (AvgIpc) is 2.67. The number of nitrogens with zero attached hydrogens (tertiary/aromatic N) is 3. The second kappa shape index (κ2) is 5.50. The first kappa shape index (κ1) is 12.4. The van der Waals surface area contributed by atoms with Gasteiger partial charge in [-0.2, -0.15) is 0 Å². The number of nitrogens with one attached hydrogen (secondary N) is 1. The Morgan fingerprint density at radius 3 is 3.06 bits per heavy atom. The van der Waals surface area contributed by atoms with E-state index in [0.717, 1.165) is 15.8 Å². The Morgan fingerprint density at radius 1 is 1.53 bits per heavy atom. The van der Waals surface area contributed by atoms with Crippen molar-refractivity contribution in [1.82, 2.24) is 19.7 Å². The first-order chi connectivity index (χ1) is 8.20. The molecule has 0 radical (unpaired) electrons. The third kappa shape index (κ3) is 2.98. The van der Waals surface area contributed by atoms with Gasteiger partial charge in [0.05, 0.1) is 0 Å². The molecular formula is C10H11BrN4OS. The second-order valence-electron chi connectivity index (χ2n) is 3.36. The van der Waals surface area contributed by atoms with Crippen molar-refractivity contribution in [2.75, 3.05) is 0 Å². The van der Waals surface area contributed by atoms with E-state index >= 15 is 0 Å². The average molecular weight is 315 g/mol. The van der Waals surface area contributed by atoms with Crippen molar-refractivity contribution in [3.8, 4) is 0 Å². The summed E-state index contributed by atoms with van der Waals surface area (Å²) in [5.41, 5.74) is 0.921. The van der Waals surface area contributed by atoms with Crippen LogP contribution in [-0.2, 0) is 12.3 Å². The second-order valence-corrected chi connectivity index (χ2v) is 5.21. The van der Waals surface area contributed by atoms with E-state index in [2.05, 4.69) is 31.1 Å². The van der Waals surface area contributed by atoms with Crippen molar-refractivity contribution in [3.63, 3.8) is 0 Å². The lowest BCUT2D eigenvalue weighted by Crippen LogP contribution is -2.16. The Labute approximate surface area is 111 Å². The van der Waals surface area contributed by atoms with Gasteiger partial charge in [-0.1, -0.05) is 11.8 Å². The highest BCUT2D eigenvalue weighted by molar-refractivity contribution is 9.10. The van der Waals surface area contributed by atoms with Crippen molar-refractivity contribution >= 4 is 27.7 Å². The Kier molecular flexibility index (Phi) is 4.01. The minimum atomic E-state index is -0.164. The van der Waals surface area contributed by atoms with Gasteiger partial charge in [-0.15, -0.1) is 5.10 Å². The van der Waals surface area contributed by atoms with Crippen LogP contribution < -0.4 is 5.69 Å². The third-order valence-electron chi connectivity index (χ3n) is 2.17. The van der Waals surface area contributed by atoms with E-state index in [1.165, 1.54) is 11.8 Å². The van der Waals surface area contributed by atoms with Crippen LogP contribution in [0.2, 0.25) is 0 Å². The summed E-state index contributed by atoms with van der Waals surface area (Å²) >= 11 is 4.89. The Morgan fingerprint density at radius 2 is 2.35 bits per heavy atom. The first-order valence-electron chi connectivity index (χ1n) is 5.08. The van der Waals surface area contributed by atoms with Gasteiger partial charge in [0.2, 0.25) is 0 Å². The molecule has 2 aromatic heterocycles. The van der Waals surface area contributed by atoms with Gasteiger partial charge < -0.3 is 0 Å². The third-order valence-corrected chi connectivity index (χ3v) is 3.65. The highest BCUT2D eigenvalue weighted by atomic mass is 79.9. The number of H-pyrrole nitrogens is 1. The Balaban J connectivity index is 2.10. The highest BCUT2D eigenvalue weighted by Gasteiger charge is 2.07. The molecule has 0 saturated heterocycles. The number of hydrogen-bond donors (Lipinski definition) is 1. The Hall–Kier alpha value is -1.08. The number of thioether (sulfide) groups is 1. The SMILES string of the molecule is CCn1c(SCc2cncc(Br)c2)n[nH]c1=O. The van der Waals surface area contributed by atoms with Gasteiger partial charge in [-0.05, 0) is 34.5 Å². The molecule has 2 rings (SSSR count). The highest BCUT2D eigenvalue weighted by Crippen LogP contribution is 2.20. The molecule has 0 bridgehead atoms. The van der Waals surface area contributed by atoms with Crippen LogP contribution in [0, 0.1) is 0 Å². The summed E-state index contributed by atoms with van der Waals surface area (Å²) in [4.78, 5) is 15.4. The summed E-state index contributed by atoms with van der Waals surface area (Å²) in [6, 6.07) is 2.00. The molecule has 17 heavy (non-hydrogen) atoms. The molecule has 0 unspecified atom stereocenters. The van der Waals surface area contributed by atoms with E-state index in [4.69, 9.17) is 0 Å². The summed E-state index contributed by atoms with van der Waals surface area (Å²) in [6.07, 6.45) is 3.55. The molecule has 0 aliphatic carbocycles. The predicted molar refractivity (Wildman–Crippen MR) is 70.0 cm³/mol. The molecule has 0 fully saturated rings. The van der Waals surface area contributed by atoms with Crippen LogP contribution >= 0.6 is 27.7 Å². The zero-order valence-corrected chi connectivity index (χ0v) is 11.6. The van der Waals surface area contributed by atoms with Crippen molar-refractivity contribution in [2.24, 2.45) is 0 Å². The molecule has 0 aromatic carbocycles. The molecule has 0 amide bonds. The zero-order valence-electron chi connectivity index (χ0n) is 9.18. The molecule has 0 atom stereocenters. The van der Waals surface area contributed by atoms with E-state index in [9.17, 15) is 4.79 Å². The Bertz CT molecular complexity index is 565. The number of rotatable bonds is 4. The van der Waals surface area contributed by atoms with Gasteiger partial charge in [0, 0.05) is 29.2 Å². The number of halogens is 1. The molecule has 0 aliphatic heterocycles. The lowest BCUT2D eigenvalue weighted by atomic mass is 10.3. The summed E-state index contributed by atoms with van der Waals surface area (Å²) in [6.45, 7) is 2.54. The minimum absolute atomic E-state index is 0.164. The lowest BCUT2D eigenvalue weighted by Gasteiger charge is -2.02. The molecule has 7 heteroatoms. The standard InChI is InChI=1S/C10H11BrN4OS/c1-2-15-9(16)13-14-10(15)17-6-7-3-8(11)5-12-4-7/h3-5H,2,6H2,1H3,(H,13,16). The van der Waals surface area contributed by atoms with Gasteiger partial charge in [0.1, 0.15) is 0 Å². The predicted octanol–water partition coefficient (Wildman–Crippen LogP) is 2.04. The van der Waals surface area contributed by atoms with E-state index in [1.54, 1.807) is 17.0 Å². The molecule has 2 aromatic rings. The van der Waals surface area contributed by atoms with Crippen molar-refractivity contribution in [1.29, 1.82) is 0 Å². The number of aromatic amines is 1. The van der Waals surface area contributed by atoms with Gasteiger partial charge in [0.25, 0.3) is 0 Å². The minimum Gasteiger partial charge on any atom is -0.270 e. The molecule has 0 spiro atoms. The maximum absolute atomic E-state index is 11.3. The summed E-state index contributed by atoms with van der Waals surface area (Å²) in [5, 5.41) is 7.13. The van der Waals surface area contributed by atoms with E-state index in [1.807, 2.05) is 13.0 Å². The normalized spacial score (nSPS) is 10.7. The summed E-state index contributed by atoms with van der Waals surface area (Å²) in [7, 11) is 0. The number of pyridine rings is 1. The van der Waals surface area contributed by atoms with E-state index in [0.29, 0.717) is 11.7 Å². The van der Waals surface area contributed by atoms with Gasteiger partial charge in [-0.3, -0.25) is 9.55 Å². The fourth-order valence-corrected chi connectivity index (χ4v) is 2.72. The smallest absolute Gasteiger partial charge is 0.270 e. The fourth-order valence-electron chi connectivity index (χ4n) is 1.37. The van der Waals surface area contributed by atoms with Gasteiger partial charge in [-0.25, -0.2) is 9.89 Å². The van der Waals surface area contributed by atoms with E-state index < -0.39 is 0 Å².